The molecule has 0 amide bonds. The molecule has 0 bridgehead atoms. The highest BCUT2D eigenvalue weighted by Gasteiger charge is 2.11. The van der Waals surface area contributed by atoms with Crippen molar-refractivity contribution >= 4 is 35.0 Å². The van der Waals surface area contributed by atoms with Gasteiger partial charge in [-0.2, -0.15) is 0 Å². The van der Waals surface area contributed by atoms with Crippen LogP contribution in [0.5, 0.6) is 5.75 Å². The molecule has 3 nitrogen and oxygen atoms in total. The van der Waals surface area contributed by atoms with Crippen molar-refractivity contribution in [2.75, 3.05) is 33.2 Å². The van der Waals surface area contributed by atoms with Gasteiger partial charge in [-0.15, -0.1) is 12.4 Å². The fraction of sp³-hybridized carbons (Fsp3) is 0.684. The Morgan fingerprint density at radius 1 is 1.12 bits per heavy atom. The number of hydrogen-bond donors (Lipinski definition) is 1. The van der Waals surface area contributed by atoms with Gasteiger partial charge in [-0.05, 0) is 99.7 Å². The van der Waals surface area contributed by atoms with Crippen molar-refractivity contribution in [1.29, 1.82) is 0 Å². The van der Waals surface area contributed by atoms with Gasteiger partial charge < -0.3 is 14.9 Å². The second kappa shape index (κ2) is 11.6. The van der Waals surface area contributed by atoms with Crippen LogP contribution in [-0.4, -0.2) is 48.1 Å². The summed E-state index contributed by atoms with van der Waals surface area (Å²) in [6.07, 6.45) is 8.18. The second-order valence-corrected chi connectivity index (χ2v) is 8.18. The summed E-state index contributed by atoms with van der Waals surface area (Å²) < 4.78 is 1.20. The first kappa shape index (κ1) is 22.0. The summed E-state index contributed by atoms with van der Waals surface area (Å²) in [5.74, 6) is 0.459. The molecule has 5 heteroatoms. The molecule has 2 rings (SSSR count). The van der Waals surface area contributed by atoms with Gasteiger partial charge in [0.2, 0.25) is 0 Å². The molecule has 0 unspecified atom stereocenters. The van der Waals surface area contributed by atoms with E-state index in [4.69, 9.17) is 0 Å². The van der Waals surface area contributed by atoms with E-state index in [1.54, 1.807) is 0 Å². The average molecular weight is 467 g/mol. The van der Waals surface area contributed by atoms with Crippen molar-refractivity contribution < 1.29 is 5.11 Å². The molecule has 1 N–H and O–H groups in total. The van der Waals surface area contributed by atoms with Crippen LogP contribution >= 0.6 is 35.0 Å². The molecule has 0 radical (unpaired) electrons. The maximum Gasteiger partial charge on any atom is 0.123 e. The molecule has 1 aliphatic rings. The Bertz CT molecular complexity index is 491. The fourth-order valence-corrected chi connectivity index (χ4v) is 4.24. The number of aromatic hydroxyl groups is 1. The largest absolute Gasteiger partial charge is 0.507 e. The molecule has 1 aromatic carbocycles. The molecule has 1 saturated heterocycles. The topological polar surface area (TPSA) is 26.7 Å². The predicted molar refractivity (Wildman–Crippen MR) is 113 cm³/mol. The molecular formula is C19H32ClIN2O. The lowest BCUT2D eigenvalue weighted by atomic mass is 10.1. The SMILES string of the molecule is Cc1cc(I)cc(CN(C)CCCN2CCCCCCC2)c1O.Cl. The van der Waals surface area contributed by atoms with Gasteiger partial charge in [-0.25, -0.2) is 0 Å². The number of phenols is 1. The summed E-state index contributed by atoms with van der Waals surface area (Å²) in [6.45, 7) is 7.65. The number of rotatable bonds is 6. The summed E-state index contributed by atoms with van der Waals surface area (Å²) in [5, 5.41) is 10.2. The van der Waals surface area contributed by atoms with E-state index in [2.05, 4.69) is 45.5 Å². The van der Waals surface area contributed by atoms with E-state index < -0.39 is 0 Å². The number of aryl methyl sites for hydroxylation is 1. The zero-order valence-corrected chi connectivity index (χ0v) is 18.0. The number of halogens is 2. The Labute approximate surface area is 167 Å². The van der Waals surface area contributed by atoms with E-state index in [1.807, 2.05) is 13.0 Å². The molecule has 0 aromatic heterocycles. The predicted octanol–water partition coefficient (Wildman–Crippen LogP) is 4.82. The molecule has 0 atom stereocenters. The Morgan fingerprint density at radius 2 is 1.75 bits per heavy atom. The van der Waals surface area contributed by atoms with Crippen LogP contribution in [0.15, 0.2) is 12.1 Å². The van der Waals surface area contributed by atoms with Crippen LogP contribution < -0.4 is 0 Å². The summed E-state index contributed by atoms with van der Waals surface area (Å²) in [6, 6.07) is 4.12. The third-order valence-corrected chi connectivity index (χ3v) is 5.37. The summed E-state index contributed by atoms with van der Waals surface area (Å²) >= 11 is 2.32. The molecule has 0 saturated carbocycles. The Balaban J connectivity index is 0.00000288. The first-order valence-corrected chi connectivity index (χ1v) is 10.0. The molecule has 0 aliphatic carbocycles. The lowest BCUT2D eigenvalue weighted by Crippen LogP contribution is -2.30. The van der Waals surface area contributed by atoms with Gasteiger partial charge in [-0.1, -0.05) is 19.3 Å². The van der Waals surface area contributed by atoms with E-state index in [0.29, 0.717) is 5.75 Å². The summed E-state index contributed by atoms with van der Waals surface area (Å²) in [5.41, 5.74) is 2.02. The first-order chi connectivity index (χ1) is 11.1. The van der Waals surface area contributed by atoms with Crippen LogP contribution in [0.2, 0.25) is 0 Å². The smallest absolute Gasteiger partial charge is 0.123 e. The van der Waals surface area contributed by atoms with Gasteiger partial charge in [-0.3, -0.25) is 0 Å². The Hall–Kier alpha value is -0.0400. The minimum absolute atomic E-state index is 0. The van der Waals surface area contributed by atoms with Crippen LogP contribution in [-0.2, 0) is 6.54 Å². The second-order valence-electron chi connectivity index (χ2n) is 6.93. The van der Waals surface area contributed by atoms with Crippen molar-refractivity contribution in [1.82, 2.24) is 9.80 Å². The fourth-order valence-electron chi connectivity index (χ4n) is 3.40. The molecular weight excluding hydrogens is 435 g/mol. The highest BCUT2D eigenvalue weighted by atomic mass is 127. The quantitative estimate of drug-likeness (QED) is 0.609. The molecule has 1 heterocycles. The average Bonchev–Trinajstić information content (AvgIpc) is 2.46. The molecule has 1 aliphatic heterocycles. The van der Waals surface area contributed by atoms with E-state index in [0.717, 1.165) is 24.2 Å². The Morgan fingerprint density at radius 3 is 2.42 bits per heavy atom. The van der Waals surface area contributed by atoms with E-state index in [1.165, 1.54) is 61.7 Å². The molecule has 24 heavy (non-hydrogen) atoms. The maximum absolute atomic E-state index is 10.2. The number of likely N-dealkylation sites (tertiary alicyclic amines) is 1. The maximum atomic E-state index is 10.2. The van der Waals surface area contributed by atoms with Crippen molar-refractivity contribution in [2.24, 2.45) is 0 Å². The van der Waals surface area contributed by atoms with Gasteiger partial charge in [0.15, 0.2) is 0 Å². The lowest BCUT2D eigenvalue weighted by Gasteiger charge is -2.25. The van der Waals surface area contributed by atoms with E-state index >= 15 is 0 Å². The third kappa shape index (κ3) is 7.46. The van der Waals surface area contributed by atoms with Crippen LogP contribution in [0.4, 0.5) is 0 Å². The summed E-state index contributed by atoms with van der Waals surface area (Å²) in [4.78, 5) is 4.97. The van der Waals surface area contributed by atoms with Gasteiger partial charge in [0.05, 0.1) is 0 Å². The van der Waals surface area contributed by atoms with Crippen molar-refractivity contribution in [2.45, 2.75) is 52.0 Å². The highest BCUT2D eigenvalue weighted by molar-refractivity contribution is 14.1. The van der Waals surface area contributed by atoms with Gasteiger partial charge in [0.1, 0.15) is 5.75 Å². The third-order valence-electron chi connectivity index (χ3n) is 4.75. The van der Waals surface area contributed by atoms with Crippen molar-refractivity contribution in [3.05, 3.63) is 26.8 Å². The van der Waals surface area contributed by atoms with Gasteiger partial charge >= 0.3 is 0 Å². The number of phenolic OH excluding ortho intramolecular Hbond substituents is 1. The molecule has 1 fully saturated rings. The molecule has 0 spiro atoms. The van der Waals surface area contributed by atoms with Gasteiger partial charge in [0.25, 0.3) is 0 Å². The Kier molecular flexibility index (Phi) is 10.6. The highest BCUT2D eigenvalue weighted by Crippen LogP contribution is 2.25. The number of hydrogen-bond acceptors (Lipinski definition) is 3. The van der Waals surface area contributed by atoms with Gasteiger partial charge in [0, 0.05) is 15.7 Å². The standard InChI is InChI=1S/C19H31IN2O.ClH/c1-16-13-18(20)14-17(19(16)23)15-21(2)9-8-12-22-10-6-4-3-5-7-11-22;/h13-14,23H,3-12,15H2,1-2H3;1H. The number of nitrogens with zero attached hydrogens (tertiary/aromatic N) is 2. The van der Waals surface area contributed by atoms with Crippen LogP contribution in [0.25, 0.3) is 0 Å². The zero-order valence-electron chi connectivity index (χ0n) is 15.1. The van der Waals surface area contributed by atoms with Crippen molar-refractivity contribution in [3.8, 4) is 5.75 Å². The molecule has 1 aromatic rings. The van der Waals surface area contributed by atoms with E-state index in [-0.39, 0.29) is 12.4 Å². The lowest BCUT2D eigenvalue weighted by molar-refractivity contribution is 0.224. The summed E-state index contributed by atoms with van der Waals surface area (Å²) in [7, 11) is 2.15. The van der Waals surface area contributed by atoms with Crippen LogP contribution in [0.3, 0.4) is 0 Å². The zero-order chi connectivity index (χ0) is 16.7. The monoisotopic (exact) mass is 466 g/mol. The normalized spacial score (nSPS) is 16.5. The first-order valence-electron chi connectivity index (χ1n) is 8.95. The van der Waals surface area contributed by atoms with E-state index in [9.17, 15) is 5.11 Å². The minimum atomic E-state index is 0. The van der Waals surface area contributed by atoms with Crippen LogP contribution in [0.1, 0.15) is 49.7 Å². The van der Waals surface area contributed by atoms with Crippen molar-refractivity contribution in [3.63, 3.8) is 0 Å². The minimum Gasteiger partial charge on any atom is -0.507 e. The number of benzene rings is 1. The van der Waals surface area contributed by atoms with Crippen LogP contribution in [0, 0.1) is 10.5 Å². The molecule has 138 valence electrons.